The van der Waals surface area contributed by atoms with Crippen molar-refractivity contribution in [1.29, 1.82) is 0 Å². The van der Waals surface area contributed by atoms with Crippen molar-refractivity contribution in [3.8, 4) is 5.75 Å². The van der Waals surface area contributed by atoms with Gasteiger partial charge in [-0.1, -0.05) is 18.2 Å². The number of nitrogens with one attached hydrogen (secondary N) is 2. The van der Waals surface area contributed by atoms with E-state index in [1.807, 2.05) is 18.4 Å². The molecule has 0 fully saturated rings. The first-order valence-electron chi connectivity index (χ1n) is 7.14. The molecule has 0 aliphatic rings. The number of para-hydroxylation sites is 2. The average Bonchev–Trinajstić information content (AvgIpc) is 3.09. The summed E-state index contributed by atoms with van der Waals surface area (Å²) in [4.78, 5) is 24.5. The Morgan fingerprint density at radius 2 is 2.00 bits per heavy atom. The molecule has 1 unspecified atom stereocenters. The Bertz CT molecular complexity index is 658. The second kappa shape index (κ2) is 8.30. The number of hydrogen-bond acceptors (Lipinski definition) is 5. The van der Waals surface area contributed by atoms with Crippen molar-refractivity contribution in [2.75, 3.05) is 18.5 Å². The molecule has 1 atom stereocenters. The average molecular weight is 334 g/mol. The highest BCUT2D eigenvalue weighted by molar-refractivity contribution is 7.10. The molecule has 2 aromatic rings. The first-order valence-corrected chi connectivity index (χ1v) is 8.02. The summed E-state index contributed by atoms with van der Waals surface area (Å²) < 4.78 is 5.38. The predicted molar refractivity (Wildman–Crippen MR) is 88.5 cm³/mol. The number of rotatable bonds is 6. The Labute approximate surface area is 138 Å². The predicted octanol–water partition coefficient (Wildman–Crippen LogP) is 1.94. The van der Waals surface area contributed by atoms with Crippen molar-refractivity contribution in [2.24, 2.45) is 0 Å². The van der Waals surface area contributed by atoms with Gasteiger partial charge < -0.3 is 20.5 Å². The van der Waals surface area contributed by atoms with Crippen LogP contribution < -0.4 is 15.4 Å². The number of benzene rings is 1. The van der Waals surface area contributed by atoms with Crippen molar-refractivity contribution in [2.45, 2.75) is 13.0 Å². The van der Waals surface area contributed by atoms with Gasteiger partial charge in [-0.2, -0.15) is 0 Å². The summed E-state index contributed by atoms with van der Waals surface area (Å²) in [6.07, 6.45) is -0.831. The summed E-state index contributed by atoms with van der Waals surface area (Å²) in [7, 11) is 0. The van der Waals surface area contributed by atoms with Crippen LogP contribution >= 0.6 is 11.3 Å². The third kappa shape index (κ3) is 4.80. The van der Waals surface area contributed by atoms with Gasteiger partial charge in [0.25, 0.3) is 0 Å². The first-order chi connectivity index (χ1) is 11.1. The second-order valence-electron chi connectivity index (χ2n) is 4.62. The molecule has 7 heteroatoms. The number of amides is 2. The molecule has 0 aliphatic heterocycles. The fraction of sp³-hybridized carbons (Fsp3) is 0.250. The molecule has 0 saturated heterocycles. The molecule has 6 nitrogen and oxygen atoms in total. The second-order valence-corrected chi connectivity index (χ2v) is 5.60. The van der Waals surface area contributed by atoms with E-state index in [4.69, 9.17) is 4.74 Å². The molecule has 1 aromatic heterocycles. The highest BCUT2D eigenvalue weighted by atomic mass is 32.1. The molecule has 0 aliphatic carbocycles. The Morgan fingerprint density at radius 3 is 2.70 bits per heavy atom. The van der Waals surface area contributed by atoms with E-state index in [1.54, 1.807) is 30.3 Å². The maximum absolute atomic E-state index is 11.9. The van der Waals surface area contributed by atoms with Crippen LogP contribution in [0.3, 0.4) is 0 Å². The summed E-state index contributed by atoms with van der Waals surface area (Å²) in [6.45, 7) is 2.25. The van der Waals surface area contributed by atoms with Gasteiger partial charge in [0.05, 0.1) is 12.3 Å². The van der Waals surface area contributed by atoms with E-state index >= 15 is 0 Å². The van der Waals surface area contributed by atoms with Gasteiger partial charge in [-0.3, -0.25) is 9.59 Å². The van der Waals surface area contributed by atoms with Crippen LogP contribution in [0, 0.1) is 0 Å². The lowest BCUT2D eigenvalue weighted by atomic mass is 10.2. The van der Waals surface area contributed by atoms with E-state index in [0.717, 1.165) is 4.88 Å². The standard InChI is InChI=1S/C16H18N2O4S/c1-2-22-13-7-4-3-6-11(13)18-16(21)15(20)17-10-12(19)14-8-5-9-23-14/h3-9,12,19H,2,10H2,1H3,(H,17,20)(H,18,21). The molecule has 0 bridgehead atoms. The van der Waals surface area contributed by atoms with Gasteiger partial charge >= 0.3 is 11.8 Å². The molecule has 0 spiro atoms. The zero-order chi connectivity index (χ0) is 16.7. The third-order valence-electron chi connectivity index (χ3n) is 2.97. The summed E-state index contributed by atoms with van der Waals surface area (Å²) in [5, 5.41) is 16.6. The van der Waals surface area contributed by atoms with Gasteiger partial charge in [-0.05, 0) is 30.5 Å². The minimum atomic E-state index is -0.831. The number of aliphatic hydroxyl groups excluding tert-OH is 1. The van der Waals surface area contributed by atoms with Crippen LogP contribution in [-0.4, -0.2) is 30.1 Å². The minimum absolute atomic E-state index is 0.0279. The number of carbonyl (C=O) groups excluding carboxylic acids is 2. The van der Waals surface area contributed by atoms with Crippen molar-refractivity contribution < 1.29 is 19.4 Å². The number of carbonyl (C=O) groups is 2. The zero-order valence-electron chi connectivity index (χ0n) is 12.6. The normalized spacial score (nSPS) is 11.6. The van der Waals surface area contributed by atoms with Crippen molar-refractivity contribution in [3.05, 3.63) is 46.7 Å². The molecule has 23 heavy (non-hydrogen) atoms. The SMILES string of the molecule is CCOc1ccccc1NC(=O)C(=O)NCC(O)c1cccs1. The number of anilines is 1. The van der Waals surface area contributed by atoms with Crippen LogP contribution in [0.4, 0.5) is 5.69 Å². The van der Waals surface area contributed by atoms with E-state index in [1.165, 1.54) is 11.3 Å². The van der Waals surface area contributed by atoms with Gasteiger partial charge in [0.2, 0.25) is 0 Å². The maximum atomic E-state index is 11.9. The molecule has 1 heterocycles. The topological polar surface area (TPSA) is 87.7 Å². The number of ether oxygens (including phenoxy) is 1. The molecule has 2 rings (SSSR count). The van der Waals surface area contributed by atoms with E-state index in [0.29, 0.717) is 18.0 Å². The van der Waals surface area contributed by atoms with Crippen molar-refractivity contribution in [1.82, 2.24) is 5.32 Å². The van der Waals surface area contributed by atoms with Gasteiger partial charge in [-0.15, -0.1) is 11.3 Å². The van der Waals surface area contributed by atoms with E-state index in [2.05, 4.69) is 10.6 Å². The van der Waals surface area contributed by atoms with Crippen LogP contribution in [0.5, 0.6) is 5.75 Å². The van der Waals surface area contributed by atoms with Gasteiger partial charge in [0.1, 0.15) is 11.9 Å². The highest BCUT2D eigenvalue weighted by Gasteiger charge is 2.17. The summed E-state index contributed by atoms with van der Waals surface area (Å²) in [5.74, 6) is -1.13. The Balaban J connectivity index is 1.89. The summed E-state index contributed by atoms with van der Waals surface area (Å²) >= 11 is 1.38. The van der Waals surface area contributed by atoms with Gasteiger partial charge in [-0.25, -0.2) is 0 Å². The number of hydrogen-bond donors (Lipinski definition) is 3. The molecule has 122 valence electrons. The summed E-state index contributed by atoms with van der Waals surface area (Å²) in [5.41, 5.74) is 0.424. The van der Waals surface area contributed by atoms with E-state index < -0.39 is 17.9 Å². The maximum Gasteiger partial charge on any atom is 0.313 e. The van der Waals surface area contributed by atoms with E-state index in [9.17, 15) is 14.7 Å². The van der Waals surface area contributed by atoms with Crippen LogP contribution in [0.2, 0.25) is 0 Å². The third-order valence-corrected chi connectivity index (χ3v) is 3.94. The Hall–Kier alpha value is -2.38. The Morgan fingerprint density at radius 1 is 1.22 bits per heavy atom. The van der Waals surface area contributed by atoms with Crippen LogP contribution in [0.1, 0.15) is 17.9 Å². The number of aliphatic hydroxyl groups is 1. The quantitative estimate of drug-likeness (QED) is 0.705. The van der Waals surface area contributed by atoms with Crippen LogP contribution in [0.25, 0.3) is 0 Å². The smallest absolute Gasteiger partial charge is 0.313 e. The molecular weight excluding hydrogens is 316 g/mol. The van der Waals surface area contributed by atoms with E-state index in [-0.39, 0.29) is 6.54 Å². The lowest BCUT2D eigenvalue weighted by Gasteiger charge is -2.12. The molecule has 1 aromatic carbocycles. The molecule has 2 amide bonds. The molecular formula is C16H18N2O4S. The van der Waals surface area contributed by atoms with Crippen LogP contribution in [-0.2, 0) is 9.59 Å². The lowest BCUT2D eigenvalue weighted by Crippen LogP contribution is -2.37. The Kier molecular flexibility index (Phi) is 6.13. The fourth-order valence-corrected chi connectivity index (χ4v) is 2.59. The first kappa shape index (κ1) is 17.0. The number of thiophene rings is 1. The van der Waals surface area contributed by atoms with Crippen molar-refractivity contribution in [3.63, 3.8) is 0 Å². The summed E-state index contributed by atoms with van der Waals surface area (Å²) in [6, 6.07) is 10.4. The zero-order valence-corrected chi connectivity index (χ0v) is 13.4. The van der Waals surface area contributed by atoms with Gasteiger partial charge in [0.15, 0.2) is 0 Å². The molecule has 0 saturated carbocycles. The monoisotopic (exact) mass is 334 g/mol. The minimum Gasteiger partial charge on any atom is -0.492 e. The fourth-order valence-electron chi connectivity index (χ4n) is 1.88. The lowest BCUT2D eigenvalue weighted by molar-refractivity contribution is -0.136. The largest absolute Gasteiger partial charge is 0.492 e. The highest BCUT2D eigenvalue weighted by Crippen LogP contribution is 2.23. The molecule has 3 N–H and O–H groups in total. The molecule has 0 radical (unpaired) electrons. The van der Waals surface area contributed by atoms with Crippen LogP contribution in [0.15, 0.2) is 41.8 Å². The van der Waals surface area contributed by atoms with Gasteiger partial charge in [0, 0.05) is 11.4 Å². The van der Waals surface area contributed by atoms with Crippen molar-refractivity contribution >= 4 is 28.8 Å².